The molecule has 0 radical (unpaired) electrons. The predicted molar refractivity (Wildman–Crippen MR) is 107 cm³/mol. The topological polar surface area (TPSA) is 57.7 Å². The summed E-state index contributed by atoms with van der Waals surface area (Å²) in [6.07, 6.45) is 1.67. The molecule has 1 atom stereocenters. The van der Waals surface area contributed by atoms with Gasteiger partial charge in [0, 0.05) is 13.1 Å². The monoisotopic (exact) mass is 384 g/mol. The fourth-order valence-corrected chi connectivity index (χ4v) is 5.77. The summed E-state index contributed by atoms with van der Waals surface area (Å²) >= 11 is 0. The van der Waals surface area contributed by atoms with Crippen LogP contribution in [0.4, 0.5) is 11.4 Å². The largest absolute Gasteiger partial charge is 0.311 e. The van der Waals surface area contributed by atoms with E-state index in [-0.39, 0.29) is 16.7 Å². The Bertz CT molecular complexity index is 1030. The Morgan fingerprint density at radius 1 is 1.22 bits per heavy atom. The Kier molecular flexibility index (Phi) is 4.26. The molecule has 0 spiro atoms. The molecule has 1 amide bonds. The van der Waals surface area contributed by atoms with Crippen LogP contribution >= 0.6 is 0 Å². The summed E-state index contributed by atoms with van der Waals surface area (Å²) in [5.74, 6) is -0.215. The van der Waals surface area contributed by atoms with Crippen molar-refractivity contribution in [2.45, 2.75) is 44.4 Å². The summed E-state index contributed by atoms with van der Waals surface area (Å²) in [6.45, 7) is 6.72. The number of sulfonamides is 1. The molecule has 142 valence electrons. The van der Waals surface area contributed by atoms with E-state index >= 15 is 0 Å². The van der Waals surface area contributed by atoms with E-state index in [9.17, 15) is 13.2 Å². The summed E-state index contributed by atoms with van der Waals surface area (Å²) in [5.41, 5.74) is 4.43. The average Bonchev–Trinajstić information content (AvgIpc) is 2.89. The zero-order valence-corrected chi connectivity index (χ0v) is 16.7. The number of carbonyl (C=O) groups excluding carboxylic acids is 1. The summed E-state index contributed by atoms with van der Waals surface area (Å²) in [6, 6.07) is 11.0. The zero-order valence-electron chi connectivity index (χ0n) is 15.9. The number of benzene rings is 2. The minimum atomic E-state index is -3.71. The van der Waals surface area contributed by atoms with Crippen molar-refractivity contribution in [3.63, 3.8) is 0 Å². The van der Waals surface area contributed by atoms with E-state index in [0.29, 0.717) is 12.2 Å². The molecule has 2 aliphatic rings. The first kappa shape index (κ1) is 18.0. The molecule has 5 nitrogen and oxygen atoms in total. The number of amides is 1. The number of aryl methyl sites for hydroxylation is 2. The second-order valence-corrected chi connectivity index (χ2v) is 9.21. The molecule has 27 heavy (non-hydrogen) atoms. The van der Waals surface area contributed by atoms with E-state index in [0.717, 1.165) is 41.8 Å². The lowest BCUT2D eigenvalue weighted by Gasteiger charge is -2.27. The minimum absolute atomic E-state index is 0.0755. The van der Waals surface area contributed by atoms with Crippen molar-refractivity contribution in [2.24, 2.45) is 0 Å². The Balaban J connectivity index is 1.85. The van der Waals surface area contributed by atoms with E-state index in [1.54, 1.807) is 12.1 Å². The van der Waals surface area contributed by atoms with Crippen molar-refractivity contribution in [2.75, 3.05) is 22.3 Å². The Morgan fingerprint density at radius 3 is 2.70 bits per heavy atom. The zero-order chi connectivity index (χ0) is 19.3. The van der Waals surface area contributed by atoms with Crippen LogP contribution in [0.3, 0.4) is 0 Å². The molecule has 6 heteroatoms. The minimum Gasteiger partial charge on any atom is -0.311 e. The maximum Gasteiger partial charge on any atom is 0.264 e. The third-order valence-electron chi connectivity index (χ3n) is 5.56. The van der Waals surface area contributed by atoms with E-state index in [2.05, 4.69) is 0 Å². The fourth-order valence-electron chi connectivity index (χ4n) is 4.22. The number of hydrogen-bond acceptors (Lipinski definition) is 3. The van der Waals surface area contributed by atoms with Crippen LogP contribution in [-0.4, -0.2) is 27.4 Å². The second kappa shape index (κ2) is 6.37. The standard InChI is InChI=1S/C21H24N2O3S/c1-4-23(17-9-5-7-14(2)11-17)27(25,26)18-12-16-8-6-10-22-20(16)19(13-18)15(3)21(22)24/h5,7,9,11-13,15H,4,6,8,10H2,1-3H3/t15-/m0/s1. The smallest absolute Gasteiger partial charge is 0.264 e. The Hall–Kier alpha value is -2.34. The summed E-state index contributed by atoms with van der Waals surface area (Å²) < 4.78 is 28.4. The fraction of sp³-hybridized carbons (Fsp3) is 0.381. The van der Waals surface area contributed by atoms with Crippen molar-refractivity contribution < 1.29 is 13.2 Å². The molecule has 0 saturated carbocycles. The molecule has 0 saturated heterocycles. The third-order valence-corrected chi connectivity index (χ3v) is 7.44. The van der Waals surface area contributed by atoms with Gasteiger partial charge in [0.25, 0.3) is 10.0 Å². The highest BCUT2D eigenvalue weighted by Crippen LogP contribution is 2.44. The van der Waals surface area contributed by atoms with Crippen LogP contribution in [0.2, 0.25) is 0 Å². The van der Waals surface area contributed by atoms with Crippen LogP contribution in [0.15, 0.2) is 41.3 Å². The Labute approximate surface area is 160 Å². The van der Waals surface area contributed by atoms with Gasteiger partial charge in [-0.2, -0.15) is 0 Å². The van der Waals surface area contributed by atoms with Crippen LogP contribution in [0.1, 0.15) is 42.9 Å². The normalized spacial score (nSPS) is 18.6. The van der Waals surface area contributed by atoms with Gasteiger partial charge in [0.15, 0.2) is 0 Å². The average molecular weight is 385 g/mol. The van der Waals surface area contributed by atoms with Gasteiger partial charge in [-0.05, 0) is 74.6 Å². The van der Waals surface area contributed by atoms with Crippen LogP contribution in [-0.2, 0) is 21.2 Å². The van der Waals surface area contributed by atoms with Crippen LogP contribution < -0.4 is 9.21 Å². The molecule has 2 aliphatic heterocycles. The molecule has 0 N–H and O–H groups in total. The lowest BCUT2D eigenvalue weighted by Crippen LogP contribution is -2.33. The van der Waals surface area contributed by atoms with Crippen LogP contribution in [0, 0.1) is 6.92 Å². The molecule has 0 unspecified atom stereocenters. The van der Waals surface area contributed by atoms with Crippen molar-refractivity contribution >= 4 is 27.3 Å². The van der Waals surface area contributed by atoms with E-state index < -0.39 is 10.0 Å². The van der Waals surface area contributed by atoms with E-state index in [1.807, 2.05) is 49.9 Å². The lowest BCUT2D eigenvalue weighted by atomic mass is 9.97. The van der Waals surface area contributed by atoms with Gasteiger partial charge in [0.2, 0.25) is 5.91 Å². The highest BCUT2D eigenvalue weighted by Gasteiger charge is 2.39. The molecular weight excluding hydrogens is 360 g/mol. The molecule has 4 rings (SSSR count). The summed E-state index contributed by atoms with van der Waals surface area (Å²) in [7, 11) is -3.71. The van der Waals surface area contributed by atoms with Crippen molar-refractivity contribution in [1.82, 2.24) is 0 Å². The highest BCUT2D eigenvalue weighted by molar-refractivity contribution is 7.92. The number of nitrogens with zero attached hydrogens (tertiary/aromatic N) is 2. The van der Waals surface area contributed by atoms with Crippen molar-refractivity contribution in [3.05, 3.63) is 53.1 Å². The first-order valence-electron chi connectivity index (χ1n) is 9.42. The van der Waals surface area contributed by atoms with Crippen molar-refractivity contribution in [3.8, 4) is 0 Å². The van der Waals surface area contributed by atoms with Gasteiger partial charge >= 0.3 is 0 Å². The summed E-state index contributed by atoms with van der Waals surface area (Å²) in [5, 5.41) is 0. The number of carbonyl (C=O) groups is 1. The van der Waals surface area contributed by atoms with Crippen LogP contribution in [0.25, 0.3) is 0 Å². The molecule has 0 fully saturated rings. The van der Waals surface area contributed by atoms with E-state index in [1.165, 1.54) is 4.31 Å². The Morgan fingerprint density at radius 2 is 2.00 bits per heavy atom. The number of hydrogen-bond donors (Lipinski definition) is 0. The quantitative estimate of drug-likeness (QED) is 0.809. The third kappa shape index (κ3) is 2.74. The molecule has 0 aliphatic carbocycles. The van der Waals surface area contributed by atoms with E-state index in [4.69, 9.17) is 0 Å². The maximum atomic E-state index is 13.5. The van der Waals surface area contributed by atoms with Gasteiger partial charge in [0.1, 0.15) is 0 Å². The number of rotatable bonds is 4. The molecule has 2 aromatic carbocycles. The summed E-state index contributed by atoms with van der Waals surface area (Å²) in [4.78, 5) is 14.7. The second-order valence-electron chi connectivity index (χ2n) is 7.34. The number of anilines is 2. The molecular formula is C21H24N2O3S. The molecule has 0 bridgehead atoms. The maximum absolute atomic E-state index is 13.5. The van der Waals surface area contributed by atoms with Gasteiger partial charge in [0.05, 0.1) is 22.2 Å². The van der Waals surface area contributed by atoms with Gasteiger partial charge in [-0.25, -0.2) is 8.42 Å². The molecule has 2 heterocycles. The molecule has 0 aromatic heterocycles. The first-order chi connectivity index (χ1) is 12.8. The first-order valence-corrected chi connectivity index (χ1v) is 10.9. The SMILES string of the molecule is CCN(c1cccc(C)c1)S(=O)(=O)c1cc2c3c(c1)[C@H](C)C(=O)N3CCC2. The van der Waals surface area contributed by atoms with Crippen LogP contribution in [0.5, 0.6) is 0 Å². The van der Waals surface area contributed by atoms with Gasteiger partial charge in [-0.3, -0.25) is 9.10 Å². The molecule has 2 aromatic rings. The highest BCUT2D eigenvalue weighted by atomic mass is 32.2. The predicted octanol–water partition coefficient (Wildman–Crippen LogP) is 3.61. The van der Waals surface area contributed by atoms with Gasteiger partial charge < -0.3 is 4.90 Å². The lowest BCUT2D eigenvalue weighted by molar-refractivity contribution is -0.119. The van der Waals surface area contributed by atoms with Gasteiger partial charge in [-0.15, -0.1) is 0 Å². The van der Waals surface area contributed by atoms with Gasteiger partial charge in [-0.1, -0.05) is 12.1 Å². The van der Waals surface area contributed by atoms with Crippen molar-refractivity contribution in [1.29, 1.82) is 0 Å².